The first-order valence-corrected chi connectivity index (χ1v) is 19.5. The highest BCUT2D eigenvalue weighted by Crippen LogP contribution is 2.52. The van der Waals surface area contributed by atoms with E-state index in [1.165, 1.54) is 44.9 Å². The predicted molar refractivity (Wildman–Crippen MR) is 206 cm³/mol. The number of aromatic nitrogens is 4. The highest BCUT2D eigenvalue weighted by molar-refractivity contribution is 6.08. The lowest BCUT2D eigenvalue weighted by Crippen LogP contribution is -2.49. The minimum atomic E-state index is -0.266. The number of hydrogen-bond acceptors (Lipinski definition) is 6. The van der Waals surface area contributed by atoms with Crippen molar-refractivity contribution in [2.24, 2.45) is 17.3 Å². The van der Waals surface area contributed by atoms with Gasteiger partial charge in [0.05, 0.1) is 17.3 Å². The van der Waals surface area contributed by atoms with Crippen LogP contribution in [0.15, 0.2) is 47.5 Å². The fourth-order valence-electron chi connectivity index (χ4n) is 9.49. The Morgan fingerprint density at radius 3 is 2.40 bits per heavy atom. The number of fused-ring (bicyclic) bond motifs is 3. The molecule has 2 N–H and O–H groups in total. The molecule has 1 aliphatic heterocycles. The van der Waals surface area contributed by atoms with Crippen LogP contribution in [0.1, 0.15) is 112 Å². The number of aryl methyl sites for hydroxylation is 2. The van der Waals surface area contributed by atoms with Crippen LogP contribution >= 0.6 is 0 Å². The summed E-state index contributed by atoms with van der Waals surface area (Å²) in [6.07, 6.45) is 14.8. The van der Waals surface area contributed by atoms with E-state index in [1.807, 2.05) is 42.9 Å². The third-order valence-corrected chi connectivity index (χ3v) is 12.4. The number of rotatable bonds is 10. The molecule has 2 saturated carbocycles. The maximum Gasteiger partial charge on any atom is 0.253 e. The number of nitrogens with one attached hydrogen (secondary N) is 2. The van der Waals surface area contributed by atoms with Gasteiger partial charge in [0.15, 0.2) is 0 Å². The number of H-pyrrole nitrogens is 1. The quantitative estimate of drug-likeness (QED) is 0.178. The van der Waals surface area contributed by atoms with E-state index in [9.17, 15) is 14.4 Å². The lowest BCUT2D eigenvalue weighted by atomic mass is 9.58. The lowest BCUT2D eigenvalue weighted by Gasteiger charge is -2.47. The zero-order valence-electron chi connectivity index (χ0n) is 31.6. The third-order valence-electron chi connectivity index (χ3n) is 12.4. The molecule has 1 saturated heterocycles. The number of hydrogen-bond donors (Lipinski definition) is 2. The Balaban J connectivity index is 1.01. The first kappa shape index (κ1) is 35.9. The summed E-state index contributed by atoms with van der Waals surface area (Å²) in [6, 6.07) is 10.1. The average molecular weight is 706 g/mol. The fourth-order valence-corrected chi connectivity index (χ4v) is 9.49. The van der Waals surface area contributed by atoms with Gasteiger partial charge < -0.3 is 20.1 Å². The largest absolute Gasteiger partial charge is 0.353 e. The molecule has 2 amide bonds. The molecule has 2 aliphatic carbocycles. The fraction of sp³-hybridized carbons (Fsp3) is 0.548. The molecule has 276 valence electrons. The maximum absolute atomic E-state index is 13.7. The number of pyridine rings is 2. The number of benzene rings is 1. The van der Waals surface area contributed by atoms with E-state index >= 15 is 0 Å². The number of carbonyl (C=O) groups is 2. The van der Waals surface area contributed by atoms with Gasteiger partial charge in [-0.1, -0.05) is 32.6 Å². The first-order valence-electron chi connectivity index (χ1n) is 19.5. The van der Waals surface area contributed by atoms with Crippen LogP contribution in [0.5, 0.6) is 0 Å². The van der Waals surface area contributed by atoms with Crippen molar-refractivity contribution in [2.75, 3.05) is 31.1 Å². The van der Waals surface area contributed by atoms with Crippen LogP contribution in [0, 0.1) is 31.1 Å². The number of aromatic amines is 1. The van der Waals surface area contributed by atoms with Crippen LogP contribution in [0.4, 0.5) is 5.82 Å². The normalized spacial score (nSPS) is 21.9. The molecular weight excluding hydrogens is 651 g/mol. The van der Waals surface area contributed by atoms with Crippen LogP contribution in [0.25, 0.3) is 22.0 Å². The molecule has 1 aromatic carbocycles. The average Bonchev–Trinajstić information content (AvgIpc) is 3.57. The van der Waals surface area contributed by atoms with Crippen LogP contribution in [0.3, 0.4) is 0 Å². The Morgan fingerprint density at radius 1 is 1.00 bits per heavy atom. The number of piperazine rings is 1. The second-order valence-corrected chi connectivity index (χ2v) is 16.2. The Labute approximate surface area is 307 Å². The lowest BCUT2D eigenvalue weighted by molar-refractivity contribution is -0.132. The Bertz CT molecular complexity index is 1970. The SMILES string of the molecule is CCC1(CCC(=O)N2CCN(c3ccc(-c4cc(C(=O)NCc5c(C)cc(C)[nH]c5=O)c5cnn(C(C)C)c5c4)cn3)CC2)CC2CCCC(C2)C1. The van der Waals surface area contributed by atoms with Crippen LogP contribution < -0.4 is 15.8 Å². The van der Waals surface area contributed by atoms with Crippen LogP contribution in [0.2, 0.25) is 0 Å². The van der Waals surface area contributed by atoms with Gasteiger partial charge in [-0.05, 0) is 112 Å². The highest BCUT2D eigenvalue weighted by Gasteiger charge is 2.41. The molecule has 2 unspecified atom stereocenters. The number of carbonyl (C=O) groups excluding carboxylic acids is 2. The van der Waals surface area contributed by atoms with Crippen molar-refractivity contribution in [3.8, 4) is 11.1 Å². The van der Waals surface area contributed by atoms with Gasteiger partial charge in [-0.15, -0.1) is 0 Å². The van der Waals surface area contributed by atoms with E-state index < -0.39 is 0 Å². The predicted octanol–water partition coefficient (Wildman–Crippen LogP) is 7.34. The molecule has 3 fully saturated rings. The third kappa shape index (κ3) is 7.39. The summed E-state index contributed by atoms with van der Waals surface area (Å²) in [7, 11) is 0. The Kier molecular flexibility index (Phi) is 10.3. The second kappa shape index (κ2) is 14.9. The molecule has 3 aromatic heterocycles. The molecule has 3 aliphatic rings. The summed E-state index contributed by atoms with van der Waals surface area (Å²) in [5, 5.41) is 8.35. The van der Waals surface area contributed by atoms with Gasteiger partial charge in [-0.2, -0.15) is 5.10 Å². The van der Waals surface area contributed by atoms with Gasteiger partial charge in [0.1, 0.15) is 5.82 Å². The smallest absolute Gasteiger partial charge is 0.253 e. The number of nitrogens with zero attached hydrogens (tertiary/aromatic N) is 5. The molecule has 0 spiro atoms. The monoisotopic (exact) mass is 705 g/mol. The standard InChI is InChI=1S/C42H55N7O3/c1-6-42(22-30-8-7-9-31(19-30)23-42)13-12-39(50)48-16-14-47(15-17-48)38-11-10-32(24-43-38)33-20-34(36-26-45-49(27(2)3)37(36)21-33)40(51)44-25-35-28(4)18-29(5)46-41(35)52/h10-11,18,20-21,24,26-27,30-31H,6-9,12-17,19,22-23,25H2,1-5H3,(H,44,51)(H,46,52). The summed E-state index contributed by atoms with van der Waals surface area (Å²) in [6.45, 7) is 13.3. The zero-order chi connectivity index (χ0) is 36.6. The summed E-state index contributed by atoms with van der Waals surface area (Å²) >= 11 is 0. The molecule has 0 radical (unpaired) electrons. The molecule has 10 heteroatoms. The van der Waals surface area contributed by atoms with Crippen molar-refractivity contribution in [3.63, 3.8) is 0 Å². The van der Waals surface area contributed by atoms with Crippen molar-refractivity contribution in [3.05, 3.63) is 75.5 Å². The van der Waals surface area contributed by atoms with Gasteiger partial charge in [-0.3, -0.25) is 19.1 Å². The summed E-state index contributed by atoms with van der Waals surface area (Å²) in [4.78, 5) is 51.7. The highest BCUT2D eigenvalue weighted by atomic mass is 16.2. The molecule has 4 heterocycles. The molecule has 7 rings (SSSR count). The van der Waals surface area contributed by atoms with E-state index in [4.69, 9.17) is 4.98 Å². The Morgan fingerprint density at radius 2 is 1.75 bits per heavy atom. The maximum atomic E-state index is 13.7. The van der Waals surface area contributed by atoms with Crippen molar-refractivity contribution < 1.29 is 9.59 Å². The number of anilines is 1. The topological polar surface area (TPSA) is 116 Å². The van der Waals surface area contributed by atoms with Crippen molar-refractivity contribution in [2.45, 2.75) is 105 Å². The van der Waals surface area contributed by atoms with Gasteiger partial charge in [-0.25, -0.2) is 4.98 Å². The molecule has 4 aromatic rings. The summed E-state index contributed by atoms with van der Waals surface area (Å²) < 4.78 is 1.93. The van der Waals surface area contributed by atoms with Crippen LogP contribution in [-0.4, -0.2) is 62.6 Å². The molecule has 2 atom stereocenters. The van der Waals surface area contributed by atoms with E-state index in [1.54, 1.807) is 6.20 Å². The van der Waals surface area contributed by atoms with Crippen molar-refractivity contribution >= 4 is 28.5 Å². The van der Waals surface area contributed by atoms with Gasteiger partial charge in [0.25, 0.3) is 11.5 Å². The number of amides is 2. The first-order chi connectivity index (χ1) is 25.0. The van der Waals surface area contributed by atoms with Crippen molar-refractivity contribution in [1.29, 1.82) is 0 Å². The molecule has 10 nitrogen and oxygen atoms in total. The van der Waals surface area contributed by atoms with Gasteiger partial charge in [0, 0.05) is 73.6 Å². The second-order valence-electron chi connectivity index (χ2n) is 16.2. The molecule has 2 bridgehead atoms. The Hall–Kier alpha value is -4.47. The van der Waals surface area contributed by atoms with Crippen molar-refractivity contribution in [1.82, 2.24) is 30.0 Å². The zero-order valence-corrected chi connectivity index (χ0v) is 31.6. The van der Waals surface area contributed by atoms with Crippen LogP contribution in [-0.2, 0) is 11.3 Å². The molecule has 52 heavy (non-hydrogen) atoms. The van der Waals surface area contributed by atoms with E-state index in [-0.39, 0.29) is 24.1 Å². The van der Waals surface area contributed by atoms with E-state index in [0.29, 0.717) is 28.9 Å². The minimum absolute atomic E-state index is 0.100. The summed E-state index contributed by atoms with van der Waals surface area (Å²) in [5.74, 6) is 2.69. The van der Waals surface area contributed by atoms with E-state index in [2.05, 4.69) is 58.1 Å². The van der Waals surface area contributed by atoms with Gasteiger partial charge in [0.2, 0.25) is 5.91 Å². The molecular formula is C42H55N7O3. The van der Waals surface area contributed by atoms with Gasteiger partial charge >= 0.3 is 0 Å². The minimum Gasteiger partial charge on any atom is -0.353 e. The van der Waals surface area contributed by atoms with E-state index in [0.717, 1.165) is 83.5 Å². The summed E-state index contributed by atoms with van der Waals surface area (Å²) in [5.41, 5.74) is 5.47.